The highest BCUT2D eigenvalue weighted by atomic mass is 16.7. The van der Waals surface area contributed by atoms with Crippen LogP contribution in [-0.4, -0.2) is 34.4 Å². The molecule has 0 aliphatic carbocycles. The zero-order chi connectivity index (χ0) is 19.6. The van der Waals surface area contributed by atoms with E-state index in [0.29, 0.717) is 30.0 Å². The zero-order valence-electron chi connectivity index (χ0n) is 16.2. The molecule has 7 heteroatoms. The summed E-state index contributed by atoms with van der Waals surface area (Å²) in [7, 11) is 0. The first-order chi connectivity index (χ1) is 12.9. The molecule has 4 atom stereocenters. The van der Waals surface area contributed by atoms with Crippen molar-refractivity contribution in [3.8, 4) is 5.75 Å². The largest absolute Gasteiger partial charge is 0.457 e. The maximum Gasteiger partial charge on any atom is 0.303 e. The Morgan fingerprint density at radius 3 is 2.89 bits per heavy atom. The topological polar surface area (TPSA) is 79.1 Å². The third-order valence-corrected chi connectivity index (χ3v) is 5.04. The van der Waals surface area contributed by atoms with Crippen LogP contribution in [0.15, 0.2) is 29.3 Å². The summed E-state index contributed by atoms with van der Waals surface area (Å²) in [5, 5.41) is 0. The summed E-state index contributed by atoms with van der Waals surface area (Å²) in [6.45, 7) is 7.96. The molecule has 1 aliphatic rings. The second-order valence-corrected chi connectivity index (χ2v) is 7.13. The van der Waals surface area contributed by atoms with E-state index < -0.39 is 12.4 Å². The van der Waals surface area contributed by atoms with Crippen molar-refractivity contribution in [3.05, 3.63) is 40.4 Å². The Morgan fingerprint density at radius 1 is 1.41 bits per heavy atom. The molecule has 27 heavy (non-hydrogen) atoms. The van der Waals surface area contributed by atoms with Gasteiger partial charge in [-0.3, -0.25) is 14.0 Å². The Morgan fingerprint density at radius 2 is 2.19 bits per heavy atom. The number of hydrogen-bond acceptors (Lipinski definition) is 6. The Labute approximate surface area is 158 Å². The summed E-state index contributed by atoms with van der Waals surface area (Å²) < 4.78 is 18.8. The Hall–Kier alpha value is -2.41. The van der Waals surface area contributed by atoms with Crippen LogP contribution in [0.2, 0.25) is 0 Å². The summed E-state index contributed by atoms with van der Waals surface area (Å²) in [5.41, 5.74) is 0.982. The number of fused-ring (bicyclic) bond motifs is 1. The highest BCUT2D eigenvalue weighted by Gasteiger charge is 2.40. The molecule has 7 nitrogen and oxygen atoms in total. The quantitative estimate of drug-likeness (QED) is 0.749. The third kappa shape index (κ3) is 3.98. The number of esters is 1. The van der Waals surface area contributed by atoms with Gasteiger partial charge in [-0.05, 0) is 24.5 Å². The summed E-state index contributed by atoms with van der Waals surface area (Å²) in [4.78, 5) is 28.6. The number of ether oxygens (including phenoxy) is 3. The molecule has 1 unspecified atom stereocenters. The van der Waals surface area contributed by atoms with Crippen LogP contribution < -0.4 is 10.3 Å². The number of aryl methyl sites for hydroxylation is 1. The molecule has 146 valence electrons. The highest BCUT2D eigenvalue weighted by molar-refractivity contribution is 5.66. The molecule has 2 aromatic rings. The van der Waals surface area contributed by atoms with Gasteiger partial charge in [0.1, 0.15) is 0 Å². The van der Waals surface area contributed by atoms with Crippen molar-refractivity contribution in [2.75, 3.05) is 6.61 Å². The van der Waals surface area contributed by atoms with E-state index in [4.69, 9.17) is 14.2 Å². The Bertz CT molecular complexity index is 878. The molecule has 0 aromatic carbocycles. The van der Waals surface area contributed by atoms with Gasteiger partial charge in [-0.25, -0.2) is 4.98 Å². The van der Waals surface area contributed by atoms with Gasteiger partial charge in [-0.15, -0.1) is 0 Å². The van der Waals surface area contributed by atoms with Crippen LogP contribution in [0, 0.1) is 11.8 Å². The van der Waals surface area contributed by atoms with E-state index in [1.54, 1.807) is 24.5 Å². The van der Waals surface area contributed by atoms with Gasteiger partial charge in [0.05, 0.1) is 6.61 Å². The molecular weight excluding hydrogens is 348 g/mol. The van der Waals surface area contributed by atoms with E-state index in [0.717, 1.165) is 6.42 Å². The van der Waals surface area contributed by atoms with Gasteiger partial charge in [0.25, 0.3) is 5.56 Å². The van der Waals surface area contributed by atoms with Crippen molar-refractivity contribution >= 4 is 11.6 Å². The lowest BCUT2D eigenvalue weighted by Gasteiger charge is -2.38. The van der Waals surface area contributed by atoms with Crippen LogP contribution in [0.4, 0.5) is 0 Å². The van der Waals surface area contributed by atoms with Crippen molar-refractivity contribution in [3.63, 3.8) is 0 Å². The summed E-state index contributed by atoms with van der Waals surface area (Å²) in [5.74, 6) is 0.352. The second kappa shape index (κ2) is 8.08. The van der Waals surface area contributed by atoms with Gasteiger partial charge in [-0.2, -0.15) is 0 Å². The van der Waals surface area contributed by atoms with E-state index in [-0.39, 0.29) is 23.4 Å². The van der Waals surface area contributed by atoms with Crippen LogP contribution in [0.1, 0.15) is 39.7 Å². The lowest BCUT2D eigenvalue weighted by molar-refractivity contribution is -0.220. The highest BCUT2D eigenvalue weighted by Crippen LogP contribution is 2.30. The third-order valence-electron chi connectivity index (χ3n) is 5.04. The average Bonchev–Trinajstić information content (AvgIpc) is 2.64. The predicted molar refractivity (Wildman–Crippen MR) is 99.7 cm³/mol. The van der Waals surface area contributed by atoms with Crippen LogP contribution in [0.5, 0.6) is 5.75 Å². The van der Waals surface area contributed by atoms with Crippen LogP contribution in [0.3, 0.4) is 0 Å². The number of nitrogens with zero attached hydrogens (tertiary/aromatic N) is 2. The van der Waals surface area contributed by atoms with E-state index in [1.165, 1.54) is 11.3 Å². The molecule has 2 aromatic heterocycles. The van der Waals surface area contributed by atoms with E-state index in [1.807, 2.05) is 20.8 Å². The molecule has 0 radical (unpaired) electrons. The van der Waals surface area contributed by atoms with E-state index in [2.05, 4.69) is 4.98 Å². The first-order valence-electron chi connectivity index (χ1n) is 9.37. The van der Waals surface area contributed by atoms with Gasteiger partial charge in [0.2, 0.25) is 6.29 Å². The van der Waals surface area contributed by atoms with Crippen LogP contribution in [0.25, 0.3) is 5.65 Å². The number of rotatable bonds is 5. The standard InChI is InChI=1S/C20H26N2O5/c1-5-7-15-10-21-18-16(8-6-9-22(18)19(15)24)27-20-17(26-14(4)23)13(3)12(2)11-25-20/h6,8-10,12-13,17,20H,5,7,11H2,1-4H3/t12-,13+,17?,20+/m1/s1. The van der Waals surface area contributed by atoms with Crippen molar-refractivity contribution in [1.82, 2.24) is 9.38 Å². The molecule has 0 spiro atoms. The lowest BCUT2D eigenvalue weighted by Crippen LogP contribution is -2.49. The van der Waals surface area contributed by atoms with Crippen molar-refractivity contribution in [1.29, 1.82) is 0 Å². The summed E-state index contributed by atoms with van der Waals surface area (Å²) in [6, 6.07) is 3.47. The van der Waals surface area contributed by atoms with Crippen LogP contribution >= 0.6 is 0 Å². The second-order valence-electron chi connectivity index (χ2n) is 7.13. The predicted octanol–water partition coefficient (Wildman–Crippen LogP) is 2.59. The number of aromatic nitrogens is 2. The molecule has 1 aliphatic heterocycles. The molecule has 0 N–H and O–H groups in total. The van der Waals surface area contributed by atoms with Gasteiger partial charge >= 0.3 is 5.97 Å². The summed E-state index contributed by atoms with van der Waals surface area (Å²) >= 11 is 0. The molecule has 0 amide bonds. The minimum absolute atomic E-state index is 0.0782. The van der Waals surface area contributed by atoms with Crippen molar-refractivity contribution in [2.24, 2.45) is 11.8 Å². The maximum atomic E-state index is 12.6. The number of carbonyl (C=O) groups excluding carboxylic acids is 1. The normalized spacial score (nSPS) is 25.3. The Kier molecular flexibility index (Phi) is 5.79. The van der Waals surface area contributed by atoms with Crippen LogP contribution in [-0.2, 0) is 20.7 Å². The maximum absolute atomic E-state index is 12.6. The molecule has 0 saturated carbocycles. The number of carbonyl (C=O) groups is 1. The molecule has 3 rings (SSSR count). The monoisotopic (exact) mass is 374 g/mol. The average molecular weight is 374 g/mol. The minimum Gasteiger partial charge on any atom is -0.457 e. The fraction of sp³-hybridized carbons (Fsp3) is 0.550. The summed E-state index contributed by atoms with van der Waals surface area (Å²) in [6.07, 6.45) is 3.54. The number of pyridine rings is 1. The first kappa shape index (κ1) is 19.4. The molecular formula is C20H26N2O5. The molecule has 0 bridgehead atoms. The first-order valence-corrected chi connectivity index (χ1v) is 9.37. The van der Waals surface area contributed by atoms with Gasteiger partial charge < -0.3 is 14.2 Å². The zero-order valence-corrected chi connectivity index (χ0v) is 16.2. The minimum atomic E-state index is -0.751. The van der Waals surface area contributed by atoms with Gasteiger partial charge in [0.15, 0.2) is 17.5 Å². The smallest absolute Gasteiger partial charge is 0.303 e. The van der Waals surface area contributed by atoms with Gasteiger partial charge in [-0.1, -0.05) is 27.2 Å². The SMILES string of the molecule is CCCc1cnc2c(O[C@@H]3OC[C@@H](C)[C@H](C)C3OC(C)=O)cccn2c1=O. The Balaban J connectivity index is 1.94. The fourth-order valence-corrected chi connectivity index (χ4v) is 3.30. The lowest BCUT2D eigenvalue weighted by atomic mass is 9.88. The van der Waals surface area contributed by atoms with Crippen molar-refractivity contribution < 1.29 is 19.0 Å². The molecule has 1 fully saturated rings. The number of hydrogen-bond donors (Lipinski definition) is 0. The van der Waals surface area contributed by atoms with E-state index in [9.17, 15) is 9.59 Å². The van der Waals surface area contributed by atoms with Crippen molar-refractivity contribution in [2.45, 2.75) is 52.9 Å². The van der Waals surface area contributed by atoms with E-state index >= 15 is 0 Å². The molecule has 3 heterocycles. The van der Waals surface area contributed by atoms with Gasteiger partial charge in [0, 0.05) is 30.8 Å². The fourth-order valence-electron chi connectivity index (χ4n) is 3.30. The molecule has 1 saturated heterocycles.